The van der Waals surface area contributed by atoms with Crippen molar-refractivity contribution in [3.05, 3.63) is 89.9 Å². The highest BCUT2D eigenvalue weighted by Crippen LogP contribution is 2.19. The molecule has 0 amide bonds. The summed E-state index contributed by atoms with van der Waals surface area (Å²) in [5.74, 6) is -0.0369. The third kappa shape index (κ3) is 4.19. The molecule has 0 aliphatic heterocycles. The van der Waals surface area contributed by atoms with Crippen LogP contribution in [0.5, 0.6) is 0 Å². The summed E-state index contributed by atoms with van der Waals surface area (Å²) in [6.07, 6.45) is 0.719. The number of anilines is 1. The maximum atomic E-state index is 12.5. The second-order valence-electron chi connectivity index (χ2n) is 5.76. The molecule has 0 saturated heterocycles. The number of hydrogen-bond donors (Lipinski definition) is 1. The van der Waals surface area contributed by atoms with Gasteiger partial charge in [0.15, 0.2) is 6.10 Å². The number of carbonyl (C=O) groups is 2. The van der Waals surface area contributed by atoms with Gasteiger partial charge in [0.25, 0.3) is 0 Å². The van der Waals surface area contributed by atoms with Crippen molar-refractivity contribution in [2.24, 2.45) is 0 Å². The van der Waals surface area contributed by atoms with E-state index in [1.165, 1.54) is 0 Å². The van der Waals surface area contributed by atoms with Crippen LogP contribution in [0, 0.1) is 0 Å². The average molecular weight is 349 g/mol. The molecule has 0 spiro atoms. The van der Waals surface area contributed by atoms with Crippen molar-refractivity contribution in [1.82, 2.24) is 0 Å². The lowest BCUT2D eigenvalue weighted by atomic mass is 10.1. The summed E-state index contributed by atoms with van der Waals surface area (Å²) in [4.78, 5) is 24.9. The van der Waals surface area contributed by atoms with Crippen LogP contribution in [0.25, 0.3) is 0 Å². The molecule has 1 N–H and O–H groups in total. The Kier molecular flexibility index (Phi) is 5.49. The van der Waals surface area contributed by atoms with Gasteiger partial charge in [0, 0.05) is 11.3 Å². The minimum atomic E-state index is -0.872. The molecule has 1 heterocycles. The lowest BCUT2D eigenvalue weighted by molar-refractivity contribution is 0.0319. The van der Waals surface area contributed by atoms with Crippen LogP contribution in [0.4, 0.5) is 5.69 Å². The Bertz CT molecular complexity index is 872. The molecule has 0 aliphatic carbocycles. The highest BCUT2D eigenvalue weighted by Gasteiger charge is 2.21. The summed E-state index contributed by atoms with van der Waals surface area (Å²) in [6.45, 7) is 2.02. The maximum absolute atomic E-state index is 12.5. The number of para-hydroxylation sites is 1. The fourth-order valence-electron chi connectivity index (χ4n) is 2.53. The van der Waals surface area contributed by atoms with E-state index in [0.29, 0.717) is 23.4 Å². The van der Waals surface area contributed by atoms with E-state index in [9.17, 15) is 9.59 Å². The highest BCUT2D eigenvalue weighted by molar-refractivity contribution is 6.02. The number of carbonyl (C=O) groups excluding carboxylic acids is 2. The van der Waals surface area contributed by atoms with Crippen molar-refractivity contribution in [2.45, 2.75) is 19.6 Å². The Morgan fingerprint density at radius 2 is 1.73 bits per heavy atom. The molecule has 132 valence electrons. The van der Waals surface area contributed by atoms with E-state index in [4.69, 9.17) is 9.15 Å². The number of hydrogen-bond acceptors (Lipinski definition) is 5. The van der Waals surface area contributed by atoms with Crippen LogP contribution >= 0.6 is 0 Å². The molecule has 5 heteroatoms. The second kappa shape index (κ2) is 8.16. The Morgan fingerprint density at radius 3 is 2.46 bits per heavy atom. The van der Waals surface area contributed by atoms with Gasteiger partial charge in [-0.05, 0) is 31.2 Å². The van der Waals surface area contributed by atoms with Gasteiger partial charge in [0.05, 0.1) is 18.4 Å². The summed E-state index contributed by atoms with van der Waals surface area (Å²) < 4.78 is 10.7. The molecule has 3 rings (SSSR count). The zero-order valence-electron chi connectivity index (χ0n) is 14.3. The van der Waals surface area contributed by atoms with Crippen LogP contribution in [-0.4, -0.2) is 17.9 Å². The van der Waals surface area contributed by atoms with E-state index in [2.05, 4.69) is 5.32 Å². The molecule has 2 aromatic carbocycles. The van der Waals surface area contributed by atoms with Crippen LogP contribution in [0.2, 0.25) is 0 Å². The highest BCUT2D eigenvalue weighted by atomic mass is 16.5. The van der Waals surface area contributed by atoms with E-state index in [1.54, 1.807) is 61.7 Å². The summed E-state index contributed by atoms with van der Waals surface area (Å²) in [7, 11) is 0. The monoisotopic (exact) mass is 349 g/mol. The molecule has 1 atom stereocenters. The van der Waals surface area contributed by atoms with Gasteiger partial charge in [0.1, 0.15) is 5.76 Å². The lowest BCUT2D eigenvalue weighted by Crippen LogP contribution is -2.24. The van der Waals surface area contributed by atoms with Crippen LogP contribution in [0.3, 0.4) is 0 Å². The maximum Gasteiger partial charge on any atom is 0.340 e. The molecule has 0 bridgehead atoms. The third-order valence-corrected chi connectivity index (χ3v) is 3.89. The van der Waals surface area contributed by atoms with Crippen molar-refractivity contribution in [1.29, 1.82) is 0 Å². The van der Waals surface area contributed by atoms with E-state index in [0.717, 1.165) is 5.76 Å². The molecule has 5 nitrogen and oxygen atoms in total. The zero-order valence-corrected chi connectivity index (χ0v) is 14.3. The normalized spacial score (nSPS) is 11.6. The largest absolute Gasteiger partial charge is 0.467 e. The summed E-state index contributed by atoms with van der Waals surface area (Å²) in [5.41, 5.74) is 1.50. The fourth-order valence-corrected chi connectivity index (χ4v) is 2.53. The molecular weight excluding hydrogens is 330 g/mol. The van der Waals surface area contributed by atoms with E-state index >= 15 is 0 Å². The van der Waals surface area contributed by atoms with Gasteiger partial charge in [-0.1, -0.05) is 42.5 Å². The summed E-state index contributed by atoms with van der Waals surface area (Å²) >= 11 is 0. The van der Waals surface area contributed by atoms with Gasteiger partial charge >= 0.3 is 5.97 Å². The Labute approximate surface area is 151 Å². The Balaban J connectivity index is 1.68. The van der Waals surface area contributed by atoms with E-state index < -0.39 is 12.1 Å². The molecule has 0 aliphatic rings. The Hall–Kier alpha value is -3.34. The first-order valence-corrected chi connectivity index (χ1v) is 8.30. The molecule has 1 unspecified atom stereocenters. The molecule has 3 aromatic rings. The second-order valence-corrected chi connectivity index (χ2v) is 5.76. The number of furan rings is 1. The average Bonchev–Trinajstić information content (AvgIpc) is 3.20. The van der Waals surface area contributed by atoms with Gasteiger partial charge in [-0.2, -0.15) is 0 Å². The number of benzene rings is 2. The molecule has 0 fully saturated rings. The number of ketones is 1. The minimum absolute atomic E-state index is 0.236. The third-order valence-electron chi connectivity index (χ3n) is 3.89. The predicted octanol–water partition coefficient (Wildman–Crippen LogP) is 4.32. The van der Waals surface area contributed by atoms with Crippen molar-refractivity contribution in [3.63, 3.8) is 0 Å². The number of Topliss-reactive ketones (excluding diaryl/α,β-unsaturated/α-hetero) is 1. The number of rotatable bonds is 7. The first-order chi connectivity index (χ1) is 12.6. The van der Waals surface area contributed by atoms with Gasteiger partial charge in [-0.15, -0.1) is 0 Å². The SMILES string of the molecule is CC(OC(=O)c1ccccc1NCc1ccco1)C(=O)c1ccccc1. The van der Waals surface area contributed by atoms with Crippen molar-refractivity contribution >= 4 is 17.4 Å². The first kappa shape index (κ1) is 17.5. The topological polar surface area (TPSA) is 68.5 Å². The van der Waals surface area contributed by atoms with Crippen LogP contribution in [0.15, 0.2) is 77.4 Å². The standard InChI is InChI=1S/C21H19NO4/c1-15(20(23)16-8-3-2-4-9-16)26-21(24)18-11-5-6-12-19(18)22-14-17-10-7-13-25-17/h2-13,15,22H,14H2,1H3. The van der Waals surface area contributed by atoms with E-state index in [-0.39, 0.29) is 5.78 Å². The minimum Gasteiger partial charge on any atom is -0.467 e. The van der Waals surface area contributed by atoms with Gasteiger partial charge < -0.3 is 14.5 Å². The fraction of sp³-hybridized carbons (Fsp3) is 0.143. The first-order valence-electron chi connectivity index (χ1n) is 8.30. The molecule has 0 radical (unpaired) electrons. The summed E-state index contributed by atoms with van der Waals surface area (Å²) in [6, 6.07) is 19.4. The molecule has 26 heavy (non-hydrogen) atoms. The van der Waals surface area contributed by atoms with Crippen LogP contribution in [-0.2, 0) is 11.3 Å². The van der Waals surface area contributed by atoms with Gasteiger partial charge in [-0.3, -0.25) is 4.79 Å². The summed E-state index contributed by atoms with van der Waals surface area (Å²) in [5, 5.41) is 3.15. The zero-order chi connectivity index (χ0) is 18.4. The van der Waals surface area contributed by atoms with Gasteiger partial charge in [0.2, 0.25) is 5.78 Å². The Morgan fingerprint density at radius 1 is 1.00 bits per heavy atom. The van der Waals surface area contributed by atoms with Crippen molar-refractivity contribution < 1.29 is 18.7 Å². The van der Waals surface area contributed by atoms with Crippen molar-refractivity contribution in [3.8, 4) is 0 Å². The van der Waals surface area contributed by atoms with E-state index in [1.807, 2.05) is 18.2 Å². The smallest absolute Gasteiger partial charge is 0.340 e. The number of esters is 1. The van der Waals surface area contributed by atoms with Crippen LogP contribution < -0.4 is 5.32 Å². The molecular formula is C21H19NO4. The quantitative estimate of drug-likeness (QED) is 0.508. The van der Waals surface area contributed by atoms with Crippen molar-refractivity contribution in [2.75, 3.05) is 5.32 Å². The molecule has 1 aromatic heterocycles. The predicted molar refractivity (Wildman–Crippen MR) is 98.1 cm³/mol. The van der Waals surface area contributed by atoms with Gasteiger partial charge in [-0.25, -0.2) is 4.79 Å². The lowest BCUT2D eigenvalue weighted by Gasteiger charge is -2.15. The number of nitrogens with one attached hydrogen (secondary N) is 1. The number of ether oxygens (including phenoxy) is 1. The molecule has 0 saturated carbocycles. The van der Waals surface area contributed by atoms with Crippen LogP contribution in [0.1, 0.15) is 33.4 Å².